The fourth-order valence-corrected chi connectivity index (χ4v) is 3.80. The Hall–Kier alpha value is -1.04. The first-order valence-electron chi connectivity index (χ1n) is 7.33. The van der Waals surface area contributed by atoms with Crippen molar-refractivity contribution in [2.75, 3.05) is 25.1 Å². The Morgan fingerprint density at radius 2 is 2.19 bits per heavy atom. The van der Waals surface area contributed by atoms with Gasteiger partial charge in [-0.3, -0.25) is 4.79 Å². The van der Waals surface area contributed by atoms with Crippen LogP contribution >= 0.6 is 11.8 Å². The number of amides is 1. The number of carbonyl (C=O) groups excluding carboxylic acids is 1. The first-order chi connectivity index (χ1) is 9.99. The molecule has 4 nitrogen and oxygen atoms in total. The van der Waals surface area contributed by atoms with Crippen molar-refractivity contribution in [2.24, 2.45) is 0 Å². The monoisotopic (exact) mass is 308 g/mol. The molecule has 1 heterocycles. The van der Waals surface area contributed by atoms with E-state index in [1.54, 1.807) is 11.8 Å². The lowest BCUT2D eigenvalue weighted by atomic mass is 10.0. The Balaban J connectivity index is 1.78. The van der Waals surface area contributed by atoms with Gasteiger partial charge >= 0.3 is 0 Å². The summed E-state index contributed by atoms with van der Waals surface area (Å²) in [5.41, 5.74) is 0.0843. The Morgan fingerprint density at radius 3 is 2.81 bits per heavy atom. The quantitative estimate of drug-likeness (QED) is 0.836. The first kappa shape index (κ1) is 16.3. The van der Waals surface area contributed by atoms with Crippen LogP contribution in [0.1, 0.15) is 18.9 Å². The van der Waals surface area contributed by atoms with Crippen LogP contribution in [0.4, 0.5) is 0 Å². The van der Waals surface area contributed by atoms with Gasteiger partial charge in [-0.15, -0.1) is 0 Å². The van der Waals surface area contributed by atoms with Crippen LogP contribution in [0.2, 0.25) is 0 Å². The molecule has 2 N–H and O–H groups in total. The van der Waals surface area contributed by atoms with E-state index in [4.69, 9.17) is 0 Å². The van der Waals surface area contributed by atoms with Gasteiger partial charge in [-0.25, -0.2) is 0 Å². The summed E-state index contributed by atoms with van der Waals surface area (Å²) in [7, 11) is 2.04. The zero-order chi connectivity index (χ0) is 15.3. The third-order valence-corrected chi connectivity index (χ3v) is 4.86. The molecule has 1 aliphatic heterocycles. The smallest absolute Gasteiger partial charge is 0.253 e. The van der Waals surface area contributed by atoms with E-state index in [9.17, 15) is 9.90 Å². The minimum absolute atomic E-state index is 0.0147. The summed E-state index contributed by atoms with van der Waals surface area (Å²) in [6.07, 6.45) is 0.552. The standard InChI is InChI=1S/C16H24N2O2S/c1-13(17-15(19)16(20)8-9-21-12-16)10-18(2)11-14-6-4-3-5-7-14/h3-7,13,20H,8-12H2,1-2H3,(H,17,19). The second kappa shape index (κ2) is 7.29. The first-order valence-corrected chi connectivity index (χ1v) is 8.49. The third kappa shape index (κ3) is 4.73. The summed E-state index contributed by atoms with van der Waals surface area (Å²) < 4.78 is 0. The zero-order valence-corrected chi connectivity index (χ0v) is 13.5. The van der Waals surface area contributed by atoms with Crippen molar-refractivity contribution in [3.8, 4) is 0 Å². The van der Waals surface area contributed by atoms with Crippen molar-refractivity contribution in [3.63, 3.8) is 0 Å². The highest BCUT2D eigenvalue weighted by Gasteiger charge is 2.39. The Morgan fingerprint density at radius 1 is 1.48 bits per heavy atom. The lowest BCUT2D eigenvalue weighted by molar-refractivity contribution is -0.138. The zero-order valence-electron chi connectivity index (χ0n) is 12.7. The average Bonchev–Trinajstić information content (AvgIpc) is 2.87. The van der Waals surface area contributed by atoms with Crippen molar-refractivity contribution in [1.29, 1.82) is 0 Å². The van der Waals surface area contributed by atoms with E-state index in [2.05, 4.69) is 22.3 Å². The molecule has 5 heteroatoms. The summed E-state index contributed by atoms with van der Waals surface area (Å²) in [6.45, 7) is 3.58. The van der Waals surface area contributed by atoms with Crippen molar-refractivity contribution in [2.45, 2.75) is 31.5 Å². The number of aliphatic hydroxyl groups is 1. The van der Waals surface area contributed by atoms with Gasteiger partial charge in [0.1, 0.15) is 0 Å². The van der Waals surface area contributed by atoms with Gasteiger partial charge in [0.2, 0.25) is 0 Å². The fourth-order valence-electron chi connectivity index (χ4n) is 2.56. The lowest BCUT2D eigenvalue weighted by Crippen LogP contribution is -2.51. The summed E-state index contributed by atoms with van der Waals surface area (Å²) in [5.74, 6) is 1.13. The second-order valence-corrected chi connectivity index (χ2v) is 7.00. The maximum Gasteiger partial charge on any atom is 0.253 e. The van der Waals surface area contributed by atoms with Crippen LogP contribution in [0.25, 0.3) is 0 Å². The highest BCUT2D eigenvalue weighted by molar-refractivity contribution is 7.99. The van der Waals surface area contributed by atoms with E-state index in [0.717, 1.165) is 18.8 Å². The predicted molar refractivity (Wildman–Crippen MR) is 87.3 cm³/mol. The number of rotatable bonds is 6. The van der Waals surface area contributed by atoms with Gasteiger partial charge in [0.05, 0.1) is 0 Å². The molecule has 2 unspecified atom stereocenters. The number of nitrogens with one attached hydrogen (secondary N) is 1. The van der Waals surface area contributed by atoms with Gasteiger partial charge in [0, 0.05) is 24.9 Å². The summed E-state index contributed by atoms with van der Waals surface area (Å²) in [5, 5.41) is 13.2. The van der Waals surface area contributed by atoms with Crippen molar-refractivity contribution in [3.05, 3.63) is 35.9 Å². The topological polar surface area (TPSA) is 52.6 Å². The molecule has 1 aromatic carbocycles. The number of nitrogens with zero attached hydrogens (tertiary/aromatic N) is 1. The molecule has 0 aliphatic carbocycles. The maximum atomic E-state index is 12.1. The predicted octanol–water partition coefficient (Wildman–Crippen LogP) is 1.49. The molecule has 116 valence electrons. The molecule has 1 saturated heterocycles. The SMILES string of the molecule is CC(CN(C)Cc1ccccc1)NC(=O)C1(O)CCSC1. The van der Waals surface area contributed by atoms with Gasteiger partial charge in [-0.05, 0) is 31.7 Å². The van der Waals surface area contributed by atoms with Crippen LogP contribution in [-0.4, -0.2) is 52.7 Å². The highest BCUT2D eigenvalue weighted by atomic mass is 32.2. The third-order valence-electron chi connectivity index (χ3n) is 3.68. The molecule has 0 aromatic heterocycles. The van der Waals surface area contributed by atoms with Gasteiger partial charge in [0.15, 0.2) is 5.60 Å². The van der Waals surface area contributed by atoms with Gasteiger partial charge < -0.3 is 15.3 Å². The summed E-state index contributed by atoms with van der Waals surface area (Å²) in [4.78, 5) is 14.3. The highest BCUT2D eigenvalue weighted by Crippen LogP contribution is 2.27. The Bertz CT molecular complexity index is 461. The molecule has 2 atom stereocenters. The van der Waals surface area contributed by atoms with E-state index in [1.807, 2.05) is 32.2 Å². The summed E-state index contributed by atoms with van der Waals surface area (Å²) >= 11 is 1.63. The van der Waals surface area contributed by atoms with E-state index in [0.29, 0.717) is 12.2 Å². The van der Waals surface area contributed by atoms with Gasteiger partial charge in [-0.2, -0.15) is 11.8 Å². The van der Waals surface area contributed by atoms with Gasteiger partial charge in [-0.1, -0.05) is 30.3 Å². The van der Waals surface area contributed by atoms with Crippen molar-refractivity contribution < 1.29 is 9.90 Å². The van der Waals surface area contributed by atoms with Crippen LogP contribution in [-0.2, 0) is 11.3 Å². The number of hydrogen-bond donors (Lipinski definition) is 2. The summed E-state index contributed by atoms with van der Waals surface area (Å²) in [6, 6.07) is 10.3. The van der Waals surface area contributed by atoms with E-state index >= 15 is 0 Å². The number of thioether (sulfide) groups is 1. The Kier molecular flexibility index (Phi) is 5.67. The Labute approximate surface area is 130 Å². The van der Waals surface area contributed by atoms with E-state index < -0.39 is 5.60 Å². The minimum Gasteiger partial charge on any atom is -0.379 e. The minimum atomic E-state index is -1.17. The number of benzene rings is 1. The molecular formula is C16H24N2O2S. The van der Waals surface area contributed by atoms with Crippen LogP contribution < -0.4 is 5.32 Å². The molecule has 1 amide bonds. The number of likely N-dealkylation sites (N-methyl/N-ethyl adjacent to an activating group) is 1. The molecule has 2 rings (SSSR count). The van der Waals surface area contributed by atoms with Crippen LogP contribution in [0.3, 0.4) is 0 Å². The molecule has 0 saturated carbocycles. The van der Waals surface area contributed by atoms with Crippen LogP contribution in [0.15, 0.2) is 30.3 Å². The molecule has 1 fully saturated rings. The number of carbonyl (C=O) groups is 1. The number of hydrogen-bond acceptors (Lipinski definition) is 4. The maximum absolute atomic E-state index is 12.1. The molecule has 1 aromatic rings. The van der Waals surface area contributed by atoms with Gasteiger partial charge in [0.25, 0.3) is 5.91 Å². The molecule has 0 radical (unpaired) electrons. The van der Waals surface area contributed by atoms with Crippen molar-refractivity contribution in [1.82, 2.24) is 10.2 Å². The van der Waals surface area contributed by atoms with Crippen LogP contribution in [0, 0.1) is 0 Å². The molecule has 0 spiro atoms. The van der Waals surface area contributed by atoms with E-state index in [1.165, 1.54) is 5.56 Å². The molecule has 0 bridgehead atoms. The van der Waals surface area contributed by atoms with Crippen LogP contribution in [0.5, 0.6) is 0 Å². The van der Waals surface area contributed by atoms with E-state index in [-0.39, 0.29) is 11.9 Å². The second-order valence-electron chi connectivity index (χ2n) is 5.89. The molecule has 21 heavy (non-hydrogen) atoms. The normalized spacial score (nSPS) is 23.2. The largest absolute Gasteiger partial charge is 0.379 e. The average molecular weight is 308 g/mol. The molecule has 1 aliphatic rings. The fraction of sp³-hybridized carbons (Fsp3) is 0.562. The lowest BCUT2D eigenvalue weighted by Gasteiger charge is -2.26. The van der Waals surface area contributed by atoms with Crippen molar-refractivity contribution >= 4 is 17.7 Å². The molecular weight excluding hydrogens is 284 g/mol.